The molecule has 1 aromatic rings. The zero-order chi connectivity index (χ0) is 16.1. The maximum atomic E-state index is 11.4. The highest BCUT2D eigenvalue weighted by Gasteiger charge is 2.19. The highest BCUT2D eigenvalue weighted by Crippen LogP contribution is 2.16. The van der Waals surface area contributed by atoms with Crippen LogP contribution in [0.5, 0.6) is 0 Å². The predicted octanol–water partition coefficient (Wildman–Crippen LogP) is 1.26. The van der Waals surface area contributed by atoms with Gasteiger partial charge in [-0.15, -0.1) is 0 Å². The number of rotatable bonds is 8. The standard InChI is InChI=1S/C15H25NO4S/c1-4-9-15(2,18)11-16-10-14(17)12-5-7-13(8-6-12)21(3,19)20/h5-8,14,16-18H,4,9-11H2,1-3H3. The van der Waals surface area contributed by atoms with Crippen LogP contribution in [0.1, 0.15) is 38.4 Å². The molecule has 0 bridgehead atoms. The van der Waals surface area contributed by atoms with Gasteiger partial charge >= 0.3 is 0 Å². The SMILES string of the molecule is CCCC(C)(O)CNCC(O)c1ccc(S(C)(=O)=O)cc1. The van der Waals surface area contributed by atoms with Gasteiger partial charge in [0.05, 0.1) is 16.6 Å². The normalized spacial score (nSPS) is 16.4. The molecule has 0 aliphatic heterocycles. The van der Waals surface area contributed by atoms with Crippen LogP contribution in [0.3, 0.4) is 0 Å². The molecule has 1 aromatic carbocycles. The average molecular weight is 315 g/mol. The van der Waals surface area contributed by atoms with Crippen molar-refractivity contribution in [3.63, 3.8) is 0 Å². The molecule has 0 saturated heterocycles. The Labute approximate surface area is 126 Å². The lowest BCUT2D eigenvalue weighted by atomic mass is 10.0. The van der Waals surface area contributed by atoms with Crippen LogP contribution in [0.15, 0.2) is 29.2 Å². The van der Waals surface area contributed by atoms with E-state index in [-0.39, 0.29) is 4.90 Å². The minimum absolute atomic E-state index is 0.234. The van der Waals surface area contributed by atoms with Crippen molar-refractivity contribution in [3.8, 4) is 0 Å². The Hall–Kier alpha value is -0.950. The molecule has 0 fully saturated rings. The second-order valence-electron chi connectivity index (χ2n) is 5.73. The van der Waals surface area contributed by atoms with Crippen molar-refractivity contribution in [2.45, 2.75) is 43.3 Å². The van der Waals surface area contributed by atoms with Gasteiger partial charge in [-0.2, -0.15) is 0 Å². The summed E-state index contributed by atoms with van der Waals surface area (Å²) in [4.78, 5) is 0.234. The van der Waals surface area contributed by atoms with Gasteiger partial charge in [0, 0.05) is 19.3 Å². The Morgan fingerprint density at radius 1 is 1.29 bits per heavy atom. The Morgan fingerprint density at radius 3 is 2.33 bits per heavy atom. The third-order valence-corrected chi connectivity index (χ3v) is 4.45. The molecule has 6 heteroatoms. The van der Waals surface area contributed by atoms with Crippen molar-refractivity contribution in [2.24, 2.45) is 0 Å². The Kier molecular flexibility index (Phi) is 6.34. The van der Waals surface area contributed by atoms with Crippen molar-refractivity contribution in [1.29, 1.82) is 0 Å². The molecule has 120 valence electrons. The summed E-state index contributed by atoms with van der Waals surface area (Å²) in [5, 5.41) is 23.1. The number of sulfone groups is 1. The first-order valence-electron chi connectivity index (χ1n) is 7.07. The minimum atomic E-state index is -3.22. The molecule has 0 aromatic heterocycles. The van der Waals surface area contributed by atoms with Crippen LogP contribution in [0.25, 0.3) is 0 Å². The summed E-state index contributed by atoms with van der Waals surface area (Å²) in [5.41, 5.74) is -0.140. The molecule has 21 heavy (non-hydrogen) atoms. The molecule has 0 amide bonds. The molecule has 0 aliphatic carbocycles. The van der Waals surface area contributed by atoms with Crippen molar-refractivity contribution in [1.82, 2.24) is 5.32 Å². The summed E-state index contributed by atoms with van der Waals surface area (Å²) < 4.78 is 22.7. The van der Waals surface area contributed by atoms with Gasteiger partial charge in [0.15, 0.2) is 9.84 Å². The van der Waals surface area contributed by atoms with E-state index < -0.39 is 21.5 Å². The van der Waals surface area contributed by atoms with Crippen LogP contribution in [0.2, 0.25) is 0 Å². The summed E-state index contributed by atoms with van der Waals surface area (Å²) in [6, 6.07) is 6.18. The molecule has 3 N–H and O–H groups in total. The zero-order valence-corrected chi connectivity index (χ0v) is 13.7. The van der Waals surface area contributed by atoms with Crippen LogP contribution in [0.4, 0.5) is 0 Å². The summed E-state index contributed by atoms with van der Waals surface area (Å²) >= 11 is 0. The molecule has 0 heterocycles. The van der Waals surface area contributed by atoms with Gasteiger partial charge in [-0.25, -0.2) is 8.42 Å². The molecular weight excluding hydrogens is 290 g/mol. The van der Waals surface area contributed by atoms with E-state index in [1.54, 1.807) is 19.1 Å². The van der Waals surface area contributed by atoms with Crippen LogP contribution >= 0.6 is 0 Å². The fraction of sp³-hybridized carbons (Fsp3) is 0.600. The summed E-state index contributed by atoms with van der Waals surface area (Å²) in [6.45, 7) is 4.47. The first kappa shape index (κ1) is 18.1. The van der Waals surface area contributed by atoms with E-state index in [0.29, 0.717) is 25.1 Å². The molecule has 0 radical (unpaired) electrons. The van der Waals surface area contributed by atoms with Gasteiger partial charge in [0.2, 0.25) is 0 Å². The monoisotopic (exact) mass is 315 g/mol. The van der Waals surface area contributed by atoms with E-state index in [9.17, 15) is 18.6 Å². The number of nitrogens with one attached hydrogen (secondary N) is 1. The van der Waals surface area contributed by atoms with E-state index in [2.05, 4.69) is 5.32 Å². The fourth-order valence-corrected chi connectivity index (χ4v) is 2.79. The quantitative estimate of drug-likeness (QED) is 0.672. The van der Waals surface area contributed by atoms with Gasteiger partial charge in [0.25, 0.3) is 0 Å². The van der Waals surface area contributed by atoms with E-state index in [1.165, 1.54) is 12.1 Å². The summed E-state index contributed by atoms with van der Waals surface area (Å²) in [7, 11) is -3.22. The molecular formula is C15H25NO4S. The molecule has 0 spiro atoms. The van der Waals surface area contributed by atoms with Crippen molar-refractivity contribution in [2.75, 3.05) is 19.3 Å². The predicted molar refractivity (Wildman–Crippen MR) is 82.9 cm³/mol. The van der Waals surface area contributed by atoms with Crippen LogP contribution in [-0.4, -0.2) is 43.6 Å². The second-order valence-corrected chi connectivity index (χ2v) is 7.75. The number of hydrogen-bond acceptors (Lipinski definition) is 5. The van der Waals surface area contributed by atoms with Gasteiger partial charge in [-0.05, 0) is 31.0 Å². The largest absolute Gasteiger partial charge is 0.389 e. The summed E-state index contributed by atoms with van der Waals surface area (Å²) in [6.07, 6.45) is 2.00. The topological polar surface area (TPSA) is 86.6 Å². The Morgan fingerprint density at radius 2 is 1.86 bits per heavy atom. The maximum Gasteiger partial charge on any atom is 0.175 e. The molecule has 1 rings (SSSR count). The number of aliphatic hydroxyl groups is 2. The second kappa shape index (κ2) is 7.35. The molecule has 2 atom stereocenters. The highest BCUT2D eigenvalue weighted by molar-refractivity contribution is 7.90. The van der Waals surface area contributed by atoms with Crippen LogP contribution < -0.4 is 5.32 Å². The number of hydrogen-bond donors (Lipinski definition) is 3. The third-order valence-electron chi connectivity index (χ3n) is 3.33. The van der Waals surface area contributed by atoms with E-state index in [0.717, 1.165) is 12.7 Å². The maximum absolute atomic E-state index is 11.4. The van der Waals surface area contributed by atoms with E-state index >= 15 is 0 Å². The minimum Gasteiger partial charge on any atom is -0.389 e. The van der Waals surface area contributed by atoms with E-state index in [4.69, 9.17) is 0 Å². The first-order chi connectivity index (χ1) is 9.65. The van der Waals surface area contributed by atoms with Crippen molar-refractivity contribution in [3.05, 3.63) is 29.8 Å². The van der Waals surface area contributed by atoms with E-state index in [1.807, 2.05) is 6.92 Å². The molecule has 0 saturated carbocycles. The van der Waals surface area contributed by atoms with Crippen molar-refractivity contribution >= 4 is 9.84 Å². The highest BCUT2D eigenvalue weighted by atomic mass is 32.2. The molecule has 5 nitrogen and oxygen atoms in total. The number of benzene rings is 1. The van der Waals surface area contributed by atoms with Gasteiger partial charge < -0.3 is 15.5 Å². The van der Waals surface area contributed by atoms with Gasteiger partial charge in [-0.3, -0.25) is 0 Å². The number of aliphatic hydroxyl groups excluding tert-OH is 1. The molecule has 2 unspecified atom stereocenters. The van der Waals surface area contributed by atoms with Crippen LogP contribution in [0, 0.1) is 0 Å². The average Bonchev–Trinajstić information content (AvgIpc) is 2.37. The fourth-order valence-electron chi connectivity index (χ4n) is 2.16. The summed E-state index contributed by atoms with van der Waals surface area (Å²) in [5.74, 6) is 0. The first-order valence-corrected chi connectivity index (χ1v) is 8.96. The van der Waals surface area contributed by atoms with Gasteiger partial charge in [-0.1, -0.05) is 25.5 Å². The Balaban J connectivity index is 2.55. The molecule has 0 aliphatic rings. The van der Waals surface area contributed by atoms with Crippen molar-refractivity contribution < 1.29 is 18.6 Å². The van der Waals surface area contributed by atoms with Gasteiger partial charge in [0.1, 0.15) is 0 Å². The lowest BCUT2D eigenvalue weighted by Crippen LogP contribution is -2.39. The smallest absolute Gasteiger partial charge is 0.175 e. The lowest BCUT2D eigenvalue weighted by molar-refractivity contribution is 0.0461. The Bertz CT molecular complexity index is 537. The lowest BCUT2D eigenvalue weighted by Gasteiger charge is -2.24. The zero-order valence-electron chi connectivity index (χ0n) is 12.8. The third kappa shape index (κ3) is 6.13. The van der Waals surface area contributed by atoms with Crippen LogP contribution in [-0.2, 0) is 9.84 Å².